The molecule has 0 radical (unpaired) electrons. The first kappa shape index (κ1) is 16.2. The minimum Gasteiger partial charge on any atom is -0.378 e. The quantitative estimate of drug-likeness (QED) is 0.863. The Morgan fingerprint density at radius 2 is 2.19 bits per heavy atom. The van der Waals surface area contributed by atoms with Gasteiger partial charge in [-0.2, -0.15) is 0 Å². The first-order valence-corrected chi connectivity index (χ1v) is 8.43. The lowest BCUT2D eigenvalue weighted by Gasteiger charge is -2.15. The molecule has 0 aliphatic carbocycles. The minimum absolute atomic E-state index is 0.102. The van der Waals surface area contributed by atoms with Gasteiger partial charge in [0, 0.05) is 29.7 Å². The smallest absolute Gasteiger partial charge is 0.251 e. The molecule has 8 heteroatoms. The molecule has 116 valence electrons. The van der Waals surface area contributed by atoms with Crippen LogP contribution in [-0.4, -0.2) is 33.6 Å². The summed E-state index contributed by atoms with van der Waals surface area (Å²) >= 11 is 5.83. The molecule has 1 saturated heterocycles. The number of halogens is 1. The molecule has 1 fully saturated rings. The lowest BCUT2D eigenvalue weighted by Crippen LogP contribution is -2.32. The summed E-state index contributed by atoms with van der Waals surface area (Å²) in [5.74, 6) is -0.132. The third-order valence-corrected chi connectivity index (χ3v) is 4.63. The van der Waals surface area contributed by atoms with Crippen molar-refractivity contribution in [1.29, 1.82) is 0 Å². The second-order valence-corrected chi connectivity index (χ2v) is 7.05. The average molecular weight is 333 g/mol. The monoisotopic (exact) mass is 332 g/mol. The van der Waals surface area contributed by atoms with Crippen LogP contribution in [0.2, 0.25) is 5.02 Å². The van der Waals surface area contributed by atoms with Crippen molar-refractivity contribution in [2.45, 2.75) is 24.3 Å². The standard InChI is InChI=1S/C13H17ClN2O4S/c1-8-9(2-3-20-8)7-16-13(17)10-4-11(14)6-12(5-10)21(15,18)19/h4-6,8-9H,2-3,7H2,1H3,(H,16,17)(H2,15,18,19). The van der Waals surface area contributed by atoms with Crippen LogP contribution in [0.15, 0.2) is 23.1 Å². The summed E-state index contributed by atoms with van der Waals surface area (Å²) in [6, 6.07) is 3.83. The van der Waals surface area contributed by atoms with Gasteiger partial charge in [-0.25, -0.2) is 13.6 Å². The summed E-state index contributed by atoms with van der Waals surface area (Å²) in [7, 11) is -3.91. The maximum atomic E-state index is 12.1. The number of ether oxygens (including phenoxy) is 1. The van der Waals surface area contributed by atoms with Gasteiger partial charge in [-0.3, -0.25) is 4.79 Å². The van der Waals surface area contributed by atoms with Crippen LogP contribution in [-0.2, 0) is 14.8 Å². The predicted octanol–water partition coefficient (Wildman–Crippen LogP) is 1.14. The maximum absolute atomic E-state index is 12.1. The van der Waals surface area contributed by atoms with E-state index in [1.807, 2.05) is 6.92 Å². The van der Waals surface area contributed by atoms with E-state index in [1.165, 1.54) is 18.2 Å². The normalized spacial score (nSPS) is 22.2. The Bertz CT molecular complexity index is 648. The number of amides is 1. The highest BCUT2D eigenvalue weighted by atomic mass is 35.5. The van der Waals surface area contributed by atoms with Crippen LogP contribution in [0.4, 0.5) is 0 Å². The van der Waals surface area contributed by atoms with E-state index in [4.69, 9.17) is 21.5 Å². The number of benzene rings is 1. The lowest BCUT2D eigenvalue weighted by atomic mass is 10.0. The molecule has 21 heavy (non-hydrogen) atoms. The van der Waals surface area contributed by atoms with E-state index in [2.05, 4.69) is 5.32 Å². The highest BCUT2D eigenvalue weighted by Crippen LogP contribution is 2.20. The molecule has 6 nitrogen and oxygen atoms in total. The fourth-order valence-corrected chi connectivity index (χ4v) is 3.11. The number of carbonyl (C=O) groups excluding carboxylic acids is 1. The molecule has 0 spiro atoms. The van der Waals surface area contributed by atoms with Crippen molar-refractivity contribution < 1.29 is 17.9 Å². The van der Waals surface area contributed by atoms with Crippen LogP contribution in [0.1, 0.15) is 23.7 Å². The number of hydrogen-bond acceptors (Lipinski definition) is 4. The highest BCUT2D eigenvalue weighted by molar-refractivity contribution is 7.89. The summed E-state index contributed by atoms with van der Waals surface area (Å²) in [5.41, 5.74) is 0.165. The van der Waals surface area contributed by atoms with Gasteiger partial charge in [-0.05, 0) is 31.5 Å². The van der Waals surface area contributed by atoms with Crippen LogP contribution >= 0.6 is 11.6 Å². The molecule has 1 aromatic rings. The van der Waals surface area contributed by atoms with Crippen molar-refractivity contribution in [2.24, 2.45) is 11.1 Å². The molecule has 1 aliphatic rings. The first-order chi connectivity index (χ1) is 9.77. The van der Waals surface area contributed by atoms with Gasteiger partial charge in [-0.1, -0.05) is 11.6 Å². The fourth-order valence-electron chi connectivity index (χ4n) is 2.23. The largest absolute Gasteiger partial charge is 0.378 e. The van der Waals surface area contributed by atoms with Crippen LogP contribution in [0.5, 0.6) is 0 Å². The van der Waals surface area contributed by atoms with Crippen LogP contribution < -0.4 is 10.5 Å². The lowest BCUT2D eigenvalue weighted by molar-refractivity contribution is 0.0907. The highest BCUT2D eigenvalue weighted by Gasteiger charge is 2.24. The van der Waals surface area contributed by atoms with Gasteiger partial charge < -0.3 is 10.1 Å². The van der Waals surface area contributed by atoms with E-state index in [-0.39, 0.29) is 33.4 Å². The van der Waals surface area contributed by atoms with Gasteiger partial charge in [0.1, 0.15) is 0 Å². The zero-order chi connectivity index (χ0) is 15.6. The molecule has 2 rings (SSSR count). The molecular formula is C13H17ClN2O4S. The Labute approximate surface area is 128 Å². The molecule has 0 bridgehead atoms. The summed E-state index contributed by atoms with van der Waals surface area (Å²) in [5, 5.41) is 7.96. The Kier molecular flexibility index (Phi) is 4.88. The van der Waals surface area contributed by atoms with Crippen LogP contribution in [0.3, 0.4) is 0 Å². The second-order valence-electron chi connectivity index (χ2n) is 5.06. The van der Waals surface area contributed by atoms with Crippen molar-refractivity contribution in [2.75, 3.05) is 13.2 Å². The molecule has 2 unspecified atom stereocenters. The Balaban J connectivity index is 2.10. The number of carbonyl (C=O) groups is 1. The molecule has 3 N–H and O–H groups in total. The van der Waals surface area contributed by atoms with E-state index in [0.717, 1.165) is 6.42 Å². The molecule has 1 aliphatic heterocycles. The predicted molar refractivity (Wildman–Crippen MR) is 78.7 cm³/mol. The molecular weight excluding hydrogens is 316 g/mol. The number of hydrogen-bond donors (Lipinski definition) is 2. The van der Waals surface area contributed by atoms with Crippen LogP contribution in [0.25, 0.3) is 0 Å². The fraction of sp³-hybridized carbons (Fsp3) is 0.462. The summed E-state index contributed by atoms with van der Waals surface area (Å²) < 4.78 is 28.1. The number of rotatable bonds is 4. The molecule has 1 amide bonds. The molecule has 1 heterocycles. The van der Waals surface area contributed by atoms with Gasteiger partial charge in [0.15, 0.2) is 0 Å². The van der Waals surface area contributed by atoms with Crippen molar-refractivity contribution in [3.63, 3.8) is 0 Å². The van der Waals surface area contributed by atoms with Crippen molar-refractivity contribution in [1.82, 2.24) is 5.32 Å². The average Bonchev–Trinajstić information content (AvgIpc) is 2.79. The van der Waals surface area contributed by atoms with E-state index in [0.29, 0.717) is 13.2 Å². The van der Waals surface area contributed by atoms with Crippen molar-refractivity contribution in [3.05, 3.63) is 28.8 Å². The third-order valence-electron chi connectivity index (χ3n) is 3.52. The zero-order valence-electron chi connectivity index (χ0n) is 11.5. The molecule has 2 atom stereocenters. The molecule has 0 saturated carbocycles. The van der Waals surface area contributed by atoms with Crippen LogP contribution in [0, 0.1) is 5.92 Å². The number of nitrogens with one attached hydrogen (secondary N) is 1. The molecule has 1 aromatic carbocycles. The topological polar surface area (TPSA) is 98.5 Å². The van der Waals surface area contributed by atoms with Gasteiger partial charge >= 0.3 is 0 Å². The maximum Gasteiger partial charge on any atom is 0.251 e. The number of primary sulfonamides is 1. The minimum atomic E-state index is -3.91. The zero-order valence-corrected chi connectivity index (χ0v) is 13.1. The molecule has 0 aromatic heterocycles. The summed E-state index contributed by atoms with van der Waals surface area (Å²) in [6.07, 6.45) is 0.990. The third kappa shape index (κ3) is 4.16. The van der Waals surface area contributed by atoms with E-state index >= 15 is 0 Å². The Morgan fingerprint density at radius 1 is 1.48 bits per heavy atom. The summed E-state index contributed by atoms with van der Waals surface area (Å²) in [4.78, 5) is 11.9. The van der Waals surface area contributed by atoms with Gasteiger partial charge in [0.05, 0.1) is 11.0 Å². The second kappa shape index (κ2) is 6.31. The first-order valence-electron chi connectivity index (χ1n) is 6.50. The van der Waals surface area contributed by atoms with E-state index in [1.54, 1.807) is 0 Å². The number of sulfonamides is 1. The van der Waals surface area contributed by atoms with Gasteiger partial charge in [-0.15, -0.1) is 0 Å². The van der Waals surface area contributed by atoms with Crippen molar-refractivity contribution >= 4 is 27.5 Å². The van der Waals surface area contributed by atoms with Crippen molar-refractivity contribution in [3.8, 4) is 0 Å². The Hall–Kier alpha value is -1.15. The van der Waals surface area contributed by atoms with E-state index < -0.39 is 10.0 Å². The number of nitrogens with two attached hydrogens (primary N) is 1. The Morgan fingerprint density at radius 3 is 2.76 bits per heavy atom. The van der Waals surface area contributed by atoms with Gasteiger partial charge in [0.25, 0.3) is 5.91 Å². The SMILES string of the molecule is CC1OCCC1CNC(=O)c1cc(Cl)cc(S(N)(=O)=O)c1. The summed E-state index contributed by atoms with van der Waals surface area (Å²) in [6.45, 7) is 3.12. The van der Waals surface area contributed by atoms with E-state index in [9.17, 15) is 13.2 Å². The van der Waals surface area contributed by atoms with Gasteiger partial charge in [0.2, 0.25) is 10.0 Å².